The highest BCUT2D eigenvalue weighted by atomic mass is 127. The highest BCUT2D eigenvalue weighted by Gasteiger charge is 2.08. The van der Waals surface area contributed by atoms with E-state index in [9.17, 15) is 0 Å². The topological polar surface area (TPSA) is 67.1 Å². The molecule has 0 aliphatic rings. The smallest absolute Gasteiger partial charge is 0.191 e. The van der Waals surface area contributed by atoms with E-state index in [2.05, 4.69) is 53.1 Å². The largest absolute Gasteiger partial charge is 0.357 e. The Hall–Kier alpha value is -0.860. The summed E-state index contributed by atoms with van der Waals surface area (Å²) in [6, 6.07) is 0. The molecule has 0 saturated carbocycles. The summed E-state index contributed by atoms with van der Waals surface area (Å²) in [5.41, 5.74) is 0. The van der Waals surface area contributed by atoms with E-state index in [1.165, 1.54) is 32.1 Å². The normalized spacial score (nSPS) is 12.6. The van der Waals surface area contributed by atoms with Crippen molar-refractivity contribution < 1.29 is 0 Å². The summed E-state index contributed by atoms with van der Waals surface area (Å²) in [6.07, 6.45) is 9.06. The SMILES string of the molecule is CCCCC(CCC)CN=C(NCC)NCCn1cnnc1CC.I. The average Bonchev–Trinajstić information content (AvgIpc) is 3.04. The van der Waals surface area contributed by atoms with Gasteiger partial charge in [0, 0.05) is 32.6 Å². The summed E-state index contributed by atoms with van der Waals surface area (Å²) in [4.78, 5) is 4.80. The van der Waals surface area contributed by atoms with Crippen LogP contribution in [0.3, 0.4) is 0 Å². The van der Waals surface area contributed by atoms with Gasteiger partial charge in [-0.25, -0.2) is 0 Å². The number of aromatic nitrogens is 3. The van der Waals surface area contributed by atoms with Crippen molar-refractivity contribution >= 4 is 29.9 Å². The van der Waals surface area contributed by atoms with E-state index in [0.717, 1.165) is 44.4 Å². The second kappa shape index (κ2) is 15.4. The molecule has 0 bridgehead atoms. The fraction of sp³-hybridized carbons (Fsp3) is 0.833. The van der Waals surface area contributed by atoms with Crippen LogP contribution in [0.1, 0.15) is 65.6 Å². The zero-order valence-electron chi connectivity index (χ0n) is 16.4. The number of nitrogens with zero attached hydrogens (tertiary/aromatic N) is 4. The lowest BCUT2D eigenvalue weighted by atomic mass is 9.97. The van der Waals surface area contributed by atoms with Gasteiger partial charge in [0.05, 0.1) is 0 Å². The molecule has 0 aliphatic carbocycles. The summed E-state index contributed by atoms with van der Waals surface area (Å²) in [5.74, 6) is 2.65. The molecular weight excluding hydrogens is 427 g/mol. The molecule has 1 atom stereocenters. The van der Waals surface area contributed by atoms with Gasteiger partial charge in [0.15, 0.2) is 5.96 Å². The first-order valence-electron chi connectivity index (χ1n) is 9.63. The van der Waals surface area contributed by atoms with Crippen molar-refractivity contribution in [2.75, 3.05) is 19.6 Å². The Morgan fingerprint density at radius 1 is 1.16 bits per heavy atom. The number of unbranched alkanes of at least 4 members (excludes halogenated alkanes) is 1. The van der Waals surface area contributed by atoms with Gasteiger partial charge in [0.2, 0.25) is 0 Å². The molecule has 25 heavy (non-hydrogen) atoms. The summed E-state index contributed by atoms with van der Waals surface area (Å²) in [5, 5.41) is 14.9. The number of nitrogens with one attached hydrogen (secondary N) is 2. The summed E-state index contributed by atoms with van der Waals surface area (Å²) >= 11 is 0. The van der Waals surface area contributed by atoms with E-state index in [4.69, 9.17) is 4.99 Å². The molecule has 0 saturated heterocycles. The molecule has 1 rings (SSSR count). The van der Waals surface area contributed by atoms with Gasteiger partial charge >= 0.3 is 0 Å². The number of aliphatic imine (C=N–C) groups is 1. The first-order chi connectivity index (χ1) is 11.7. The van der Waals surface area contributed by atoms with Gasteiger partial charge < -0.3 is 15.2 Å². The van der Waals surface area contributed by atoms with Crippen LogP contribution in [0, 0.1) is 5.92 Å². The predicted molar refractivity (Wildman–Crippen MR) is 117 cm³/mol. The molecule has 146 valence electrons. The summed E-state index contributed by atoms with van der Waals surface area (Å²) < 4.78 is 2.09. The maximum absolute atomic E-state index is 4.80. The van der Waals surface area contributed by atoms with Gasteiger partial charge in [0.25, 0.3) is 0 Å². The lowest BCUT2D eigenvalue weighted by molar-refractivity contribution is 0.438. The molecule has 6 nitrogen and oxygen atoms in total. The van der Waals surface area contributed by atoms with Crippen molar-refractivity contribution in [3.63, 3.8) is 0 Å². The van der Waals surface area contributed by atoms with E-state index in [0.29, 0.717) is 5.92 Å². The lowest BCUT2D eigenvalue weighted by Gasteiger charge is -2.16. The van der Waals surface area contributed by atoms with Gasteiger partial charge in [-0.15, -0.1) is 34.2 Å². The number of halogens is 1. The Morgan fingerprint density at radius 3 is 2.60 bits per heavy atom. The third-order valence-corrected chi connectivity index (χ3v) is 4.17. The van der Waals surface area contributed by atoms with E-state index in [1.54, 1.807) is 6.33 Å². The minimum Gasteiger partial charge on any atom is -0.357 e. The van der Waals surface area contributed by atoms with Crippen molar-refractivity contribution in [2.24, 2.45) is 10.9 Å². The van der Waals surface area contributed by atoms with Crippen LogP contribution in [0.25, 0.3) is 0 Å². The molecule has 1 aromatic rings. The van der Waals surface area contributed by atoms with Crippen molar-refractivity contribution in [3.8, 4) is 0 Å². The van der Waals surface area contributed by atoms with Crippen LogP contribution in [-0.2, 0) is 13.0 Å². The quantitative estimate of drug-likeness (QED) is 0.282. The highest BCUT2D eigenvalue weighted by Crippen LogP contribution is 2.15. The molecule has 1 aromatic heterocycles. The Balaban J connectivity index is 0.00000576. The van der Waals surface area contributed by atoms with Crippen LogP contribution < -0.4 is 10.6 Å². The van der Waals surface area contributed by atoms with Crippen molar-refractivity contribution in [1.82, 2.24) is 25.4 Å². The Kier molecular flexibility index (Phi) is 14.9. The van der Waals surface area contributed by atoms with Gasteiger partial charge in [-0.2, -0.15) is 0 Å². The van der Waals surface area contributed by atoms with Gasteiger partial charge in [-0.1, -0.05) is 40.0 Å². The van der Waals surface area contributed by atoms with Crippen LogP contribution in [0.2, 0.25) is 0 Å². The predicted octanol–water partition coefficient (Wildman–Crippen LogP) is 3.62. The van der Waals surface area contributed by atoms with Crippen LogP contribution in [0.4, 0.5) is 0 Å². The molecule has 1 unspecified atom stereocenters. The van der Waals surface area contributed by atoms with Crippen LogP contribution in [0.15, 0.2) is 11.3 Å². The van der Waals surface area contributed by atoms with Crippen molar-refractivity contribution in [1.29, 1.82) is 0 Å². The molecule has 2 N–H and O–H groups in total. The van der Waals surface area contributed by atoms with E-state index in [1.807, 2.05) is 0 Å². The zero-order chi connectivity index (χ0) is 17.6. The van der Waals surface area contributed by atoms with Crippen LogP contribution in [0.5, 0.6) is 0 Å². The third kappa shape index (κ3) is 10.0. The standard InChI is InChI=1S/C18H36N6.HI/c1-5-9-11-16(10-6-2)14-21-18(19-8-4)20-12-13-24-15-22-23-17(24)7-3;/h15-16H,5-14H2,1-4H3,(H2,19,20,21);1H. The van der Waals surface area contributed by atoms with Gasteiger partial charge in [0.1, 0.15) is 12.2 Å². The molecule has 0 fully saturated rings. The minimum atomic E-state index is 0. The maximum atomic E-state index is 4.80. The first-order valence-corrected chi connectivity index (χ1v) is 9.63. The van der Waals surface area contributed by atoms with E-state index < -0.39 is 0 Å². The van der Waals surface area contributed by atoms with E-state index >= 15 is 0 Å². The second-order valence-electron chi connectivity index (χ2n) is 6.24. The molecular formula is C18H37IN6. The molecule has 7 heteroatoms. The lowest BCUT2D eigenvalue weighted by Crippen LogP contribution is -2.39. The first kappa shape index (κ1) is 24.1. The van der Waals surface area contributed by atoms with Crippen molar-refractivity contribution in [2.45, 2.75) is 72.8 Å². The Morgan fingerprint density at radius 2 is 1.96 bits per heavy atom. The molecule has 1 heterocycles. The summed E-state index contributed by atoms with van der Waals surface area (Å²) in [7, 11) is 0. The number of hydrogen-bond acceptors (Lipinski definition) is 3. The molecule has 0 spiro atoms. The minimum absolute atomic E-state index is 0. The van der Waals surface area contributed by atoms with Gasteiger partial charge in [-0.05, 0) is 25.7 Å². The zero-order valence-corrected chi connectivity index (χ0v) is 18.8. The highest BCUT2D eigenvalue weighted by molar-refractivity contribution is 14.0. The fourth-order valence-electron chi connectivity index (χ4n) is 2.82. The molecule has 0 amide bonds. The van der Waals surface area contributed by atoms with Crippen LogP contribution >= 0.6 is 24.0 Å². The van der Waals surface area contributed by atoms with E-state index in [-0.39, 0.29) is 24.0 Å². The molecule has 0 aromatic carbocycles. The number of rotatable bonds is 12. The Bertz CT molecular complexity index is 460. The van der Waals surface area contributed by atoms with Crippen LogP contribution in [-0.4, -0.2) is 40.4 Å². The fourth-order valence-corrected chi connectivity index (χ4v) is 2.82. The number of guanidine groups is 1. The number of hydrogen-bond donors (Lipinski definition) is 2. The summed E-state index contributed by atoms with van der Waals surface area (Å²) in [6.45, 7) is 12.2. The van der Waals surface area contributed by atoms with Crippen molar-refractivity contribution in [3.05, 3.63) is 12.2 Å². The Labute approximate surface area is 170 Å². The monoisotopic (exact) mass is 464 g/mol. The average molecular weight is 464 g/mol. The molecule has 0 radical (unpaired) electrons. The maximum Gasteiger partial charge on any atom is 0.191 e. The molecule has 0 aliphatic heterocycles. The number of aryl methyl sites for hydroxylation is 1. The van der Waals surface area contributed by atoms with Gasteiger partial charge in [-0.3, -0.25) is 4.99 Å². The third-order valence-electron chi connectivity index (χ3n) is 4.17. The second-order valence-corrected chi connectivity index (χ2v) is 6.24.